The number of rotatable bonds is 5. The maximum Gasteiger partial charge on any atom is 0.252 e. The monoisotopic (exact) mass is 264 g/mol. The highest BCUT2D eigenvalue weighted by Crippen LogP contribution is 2.18. The topological polar surface area (TPSA) is 78.1 Å². The van der Waals surface area contributed by atoms with Crippen molar-refractivity contribution in [3.05, 3.63) is 22.2 Å². The van der Waals surface area contributed by atoms with E-state index < -0.39 is 0 Å². The summed E-state index contributed by atoms with van der Waals surface area (Å²) in [5, 5.41) is 2.91. The van der Waals surface area contributed by atoms with Gasteiger partial charge in [-0.1, -0.05) is 13.8 Å². The molecule has 0 radical (unpaired) electrons. The highest BCUT2D eigenvalue weighted by Gasteiger charge is 2.23. The first kappa shape index (κ1) is 13.6. The van der Waals surface area contributed by atoms with Crippen LogP contribution in [0.5, 0.6) is 0 Å². The number of H-pyrrole nitrogens is 1. The Hall–Kier alpha value is -1.85. The lowest BCUT2D eigenvalue weighted by atomic mass is 10.2. The lowest BCUT2D eigenvalue weighted by Crippen LogP contribution is -2.37. The summed E-state index contributed by atoms with van der Waals surface area (Å²) in [6.45, 7) is 4.13. The SMILES string of the molecule is CC(C)c1nc(N(C)CC(=O)NC2CC2)cc(=O)[nH]1. The minimum Gasteiger partial charge on any atom is -0.352 e. The summed E-state index contributed by atoms with van der Waals surface area (Å²) in [5.74, 6) is 1.27. The van der Waals surface area contributed by atoms with Crippen molar-refractivity contribution in [2.45, 2.75) is 38.6 Å². The molecule has 0 unspecified atom stereocenters. The van der Waals surface area contributed by atoms with Gasteiger partial charge in [0.1, 0.15) is 11.6 Å². The van der Waals surface area contributed by atoms with Gasteiger partial charge in [0.25, 0.3) is 5.56 Å². The standard InChI is InChI=1S/C13H20N4O2/c1-8(2)13-15-10(6-11(18)16-13)17(3)7-12(19)14-9-4-5-9/h6,8-9H,4-5,7H2,1-3H3,(H,14,19)(H,15,16,18). The summed E-state index contributed by atoms with van der Waals surface area (Å²) >= 11 is 0. The van der Waals surface area contributed by atoms with Crippen LogP contribution in [0.15, 0.2) is 10.9 Å². The van der Waals surface area contributed by atoms with Crippen LogP contribution < -0.4 is 15.8 Å². The Balaban J connectivity index is 2.06. The van der Waals surface area contributed by atoms with Crippen LogP contribution in [0.2, 0.25) is 0 Å². The van der Waals surface area contributed by atoms with Crippen LogP contribution in [0.3, 0.4) is 0 Å². The molecule has 6 nitrogen and oxygen atoms in total. The van der Waals surface area contributed by atoms with Crippen LogP contribution in [0.4, 0.5) is 5.82 Å². The van der Waals surface area contributed by atoms with Gasteiger partial charge in [0.15, 0.2) is 0 Å². The molecule has 1 aromatic heterocycles. The van der Waals surface area contributed by atoms with E-state index in [1.54, 1.807) is 11.9 Å². The Bertz CT molecular complexity index is 520. The maximum atomic E-state index is 11.7. The largest absolute Gasteiger partial charge is 0.352 e. The molecule has 0 atom stereocenters. The van der Waals surface area contributed by atoms with Gasteiger partial charge in [0, 0.05) is 25.1 Å². The zero-order valence-electron chi connectivity index (χ0n) is 11.6. The van der Waals surface area contributed by atoms with Gasteiger partial charge in [-0.3, -0.25) is 9.59 Å². The summed E-state index contributed by atoms with van der Waals surface area (Å²) in [7, 11) is 1.76. The Morgan fingerprint density at radius 1 is 1.58 bits per heavy atom. The number of nitrogens with zero attached hydrogens (tertiary/aromatic N) is 2. The van der Waals surface area contributed by atoms with Gasteiger partial charge < -0.3 is 15.2 Å². The fourth-order valence-electron chi connectivity index (χ4n) is 1.73. The van der Waals surface area contributed by atoms with Gasteiger partial charge in [-0.25, -0.2) is 4.98 Å². The fourth-order valence-corrected chi connectivity index (χ4v) is 1.73. The zero-order valence-corrected chi connectivity index (χ0v) is 11.6. The average Bonchev–Trinajstić information content (AvgIpc) is 3.11. The first-order valence-electron chi connectivity index (χ1n) is 6.57. The van der Waals surface area contributed by atoms with Crippen molar-refractivity contribution >= 4 is 11.7 Å². The van der Waals surface area contributed by atoms with E-state index >= 15 is 0 Å². The molecule has 0 bridgehead atoms. The number of aromatic amines is 1. The lowest BCUT2D eigenvalue weighted by molar-refractivity contribution is -0.119. The van der Waals surface area contributed by atoms with E-state index in [1.807, 2.05) is 13.8 Å². The highest BCUT2D eigenvalue weighted by atomic mass is 16.2. The van der Waals surface area contributed by atoms with Crippen molar-refractivity contribution in [2.75, 3.05) is 18.5 Å². The van der Waals surface area contributed by atoms with E-state index in [-0.39, 0.29) is 23.9 Å². The van der Waals surface area contributed by atoms with Crippen LogP contribution >= 0.6 is 0 Å². The van der Waals surface area contributed by atoms with E-state index in [0.717, 1.165) is 12.8 Å². The highest BCUT2D eigenvalue weighted by molar-refractivity contribution is 5.81. The number of carbonyl (C=O) groups excluding carboxylic acids is 1. The molecule has 6 heteroatoms. The van der Waals surface area contributed by atoms with E-state index in [0.29, 0.717) is 17.7 Å². The van der Waals surface area contributed by atoms with Gasteiger partial charge in [-0.05, 0) is 12.8 Å². The molecule has 0 saturated heterocycles. The molecule has 1 saturated carbocycles. The first-order valence-corrected chi connectivity index (χ1v) is 6.57. The number of hydrogen-bond donors (Lipinski definition) is 2. The molecule has 0 aromatic carbocycles. The van der Waals surface area contributed by atoms with Crippen LogP contribution in [0.25, 0.3) is 0 Å². The molecule has 1 aliphatic rings. The van der Waals surface area contributed by atoms with Crippen molar-refractivity contribution in [2.24, 2.45) is 0 Å². The molecule has 19 heavy (non-hydrogen) atoms. The van der Waals surface area contributed by atoms with Gasteiger partial charge in [-0.2, -0.15) is 0 Å². The Morgan fingerprint density at radius 2 is 2.26 bits per heavy atom. The van der Waals surface area contributed by atoms with Gasteiger partial charge in [0.05, 0.1) is 6.54 Å². The van der Waals surface area contributed by atoms with Crippen LogP contribution in [-0.2, 0) is 4.79 Å². The number of aromatic nitrogens is 2. The Kier molecular flexibility index (Phi) is 3.87. The van der Waals surface area contributed by atoms with Gasteiger partial charge >= 0.3 is 0 Å². The molecular formula is C13H20N4O2. The van der Waals surface area contributed by atoms with Crippen LogP contribution in [0, 0.1) is 0 Å². The predicted octanol–water partition coefficient (Wildman–Crippen LogP) is 0.608. The van der Waals surface area contributed by atoms with E-state index in [9.17, 15) is 9.59 Å². The van der Waals surface area contributed by atoms with Crippen molar-refractivity contribution < 1.29 is 4.79 Å². The summed E-state index contributed by atoms with van der Waals surface area (Å²) in [4.78, 5) is 32.1. The molecule has 0 spiro atoms. The Labute approximate surface area is 112 Å². The second-order valence-corrected chi connectivity index (χ2v) is 5.34. The molecule has 1 aliphatic carbocycles. The minimum absolute atomic E-state index is 0.0295. The number of anilines is 1. The maximum absolute atomic E-state index is 11.7. The third kappa shape index (κ3) is 3.81. The van der Waals surface area contributed by atoms with Crippen LogP contribution in [0.1, 0.15) is 38.4 Å². The minimum atomic E-state index is -0.192. The smallest absolute Gasteiger partial charge is 0.252 e. The van der Waals surface area contributed by atoms with Crippen molar-refractivity contribution in [1.82, 2.24) is 15.3 Å². The molecule has 1 heterocycles. The van der Waals surface area contributed by atoms with Crippen molar-refractivity contribution in [3.63, 3.8) is 0 Å². The quantitative estimate of drug-likeness (QED) is 0.816. The number of amides is 1. The van der Waals surface area contributed by atoms with Gasteiger partial charge in [-0.15, -0.1) is 0 Å². The summed E-state index contributed by atoms with van der Waals surface area (Å²) in [6, 6.07) is 1.76. The van der Waals surface area contributed by atoms with Crippen LogP contribution in [-0.4, -0.2) is 35.5 Å². The molecule has 2 rings (SSSR count). The van der Waals surface area contributed by atoms with Gasteiger partial charge in [0.2, 0.25) is 5.91 Å². The molecular weight excluding hydrogens is 244 g/mol. The summed E-state index contributed by atoms with van der Waals surface area (Å²) < 4.78 is 0. The van der Waals surface area contributed by atoms with E-state index in [1.165, 1.54) is 6.07 Å². The second kappa shape index (κ2) is 5.42. The lowest BCUT2D eigenvalue weighted by Gasteiger charge is -2.18. The van der Waals surface area contributed by atoms with E-state index in [4.69, 9.17) is 0 Å². The summed E-state index contributed by atoms with van der Waals surface area (Å²) in [6.07, 6.45) is 2.13. The average molecular weight is 264 g/mol. The molecule has 2 N–H and O–H groups in total. The first-order chi connectivity index (χ1) is 8.95. The third-order valence-electron chi connectivity index (χ3n) is 3.01. The second-order valence-electron chi connectivity index (χ2n) is 5.34. The third-order valence-corrected chi connectivity index (χ3v) is 3.01. The molecule has 1 aromatic rings. The number of nitrogens with one attached hydrogen (secondary N) is 2. The normalized spacial score (nSPS) is 14.5. The summed E-state index contributed by atoms with van der Waals surface area (Å²) in [5.41, 5.74) is -0.192. The molecule has 0 aliphatic heterocycles. The molecule has 1 fully saturated rings. The fraction of sp³-hybridized carbons (Fsp3) is 0.615. The Morgan fingerprint density at radius 3 is 2.84 bits per heavy atom. The van der Waals surface area contributed by atoms with Crippen molar-refractivity contribution in [3.8, 4) is 0 Å². The molecule has 1 amide bonds. The number of carbonyl (C=O) groups is 1. The number of likely N-dealkylation sites (N-methyl/N-ethyl adjacent to an activating group) is 1. The van der Waals surface area contributed by atoms with Crippen molar-refractivity contribution in [1.29, 1.82) is 0 Å². The molecule has 104 valence electrons. The predicted molar refractivity (Wildman–Crippen MR) is 73.4 cm³/mol. The number of hydrogen-bond acceptors (Lipinski definition) is 4. The zero-order chi connectivity index (χ0) is 14.0. The van der Waals surface area contributed by atoms with E-state index in [2.05, 4.69) is 15.3 Å².